The number of anilines is 2. The first-order valence-corrected chi connectivity index (χ1v) is 3.96. The van der Waals surface area contributed by atoms with Gasteiger partial charge < -0.3 is 16.8 Å². The molecule has 0 bridgehead atoms. The van der Waals surface area contributed by atoms with E-state index in [1.54, 1.807) is 25.1 Å². The lowest BCUT2D eigenvalue weighted by molar-refractivity contribution is -0.396. The summed E-state index contributed by atoms with van der Waals surface area (Å²) < 4.78 is 0. The molecular formula is C8H13N4O+. The highest BCUT2D eigenvalue weighted by Crippen LogP contribution is 2.05. The second-order valence-electron chi connectivity index (χ2n) is 2.84. The second-order valence-corrected chi connectivity index (χ2v) is 2.84. The van der Waals surface area contributed by atoms with E-state index >= 15 is 0 Å². The van der Waals surface area contributed by atoms with Gasteiger partial charge >= 0.3 is 0 Å². The maximum Gasteiger partial charge on any atom is 0.283 e. The Morgan fingerprint density at radius 1 is 1.69 bits per heavy atom. The number of quaternary nitrogens is 1. The van der Waals surface area contributed by atoms with Crippen molar-refractivity contribution in [3.05, 3.63) is 18.2 Å². The number of nitrogens with two attached hydrogens (primary N) is 1. The SMILES string of the molecule is C[C@H]([NH3+])C(=O)Nc1cccc(N)n1. The monoisotopic (exact) mass is 181 g/mol. The zero-order valence-corrected chi connectivity index (χ0v) is 7.45. The molecule has 0 aliphatic heterocycles. The number of nitrogens with zero attached hydrogens (tertiary/aromatic N) is 1. The Bertz CT molecular complexity index is 311. The minimum atomic E-state index is -0.303. The average molecular weight is 181 g/mol. The number of amides is 1. The van der Waals surface area contributed by atoms with Crippen LogP contribution in [0.3, 0.4) is 0 Å². The molecule has 0 saturated heterocycles. The molecule has 1 atom stereocenters. The van der Waals surface area contributed by atoms with Gasteiger partial charge in [-0.15, -0.1) is 0 Å². The normalized spacial score (nSPS) is 12.2. The Hall–Kier alpha value is -1.62. The molecule has 1 heterocycles. The molecule has 0 fully saturated rings. The highest BCUT2D eigenvalue weighted by atomic mass is 16.2. The van der Waals surface area contributed by atoms with E-state index in [4.69, 9.17) is 5.73 Å². The first-order valence-electron chi connectivity index (χ1n) is 3.96. The van der Waals surface area contributed by atoms with Gasteiger partial charge in [-0.3, -0.25) is 4.79 Å². The molecule has 1 rings (SSSR count). The van der Waals surface area contributed by atoms with Crippen molar-refractivity contribution in [3.8, 4) is 0 Å². The lowest BCUT2D eigenvalue weighted by Gasteiger charge is -2.04. The molecule has 0 aliphatic carbocycles. The summed E-state index contributed by atoms with van der Waals surface area (Å²) in [5, 5.41) is 2.59. The molecule has 0 unspecified atom stereocenters. The number of nitrogen functional groups attached to an aromatic ring is 1. The van der Waals surface area contributed by atoms with E-state index in [0.29, 0.717) is 11.6 Å². The van der Waals surface area contributed by atoms with Crippen LogP contribution in [0.5, 0.6) is 0 Å². The zero-order chi connectivity index (χ0) is 9.84. The van der Waals surface area contributed by atoms with Crippen molar-refractivity contribution in [2.24, 2.45) is 0 Å². The largest absolute Gasteiger partial charge is 0.384 e. The molecule has 6 N–H and O–H groups in total. The molecule has 0 aliphatic rings. The molecule has 0 saturated carbocycles. The number of hydrogen-bond donors (Lipinski definition) is 3. The quantitative estimate of drug-likeness (QED) is 0.559. The van der Waals surface area contributed by atoms with Gasteiger partial charge in [0.15, 0.2) is 6.04 Å². The fraction of sp³-hybridized carbons (Fsp3) is 0.250. The van der Waals surface area contributed by atoms with Crippen LogP contribution in [-0.4, -0.2) is 16.9 Å². The van der Waals surface area contributed by atoms with Gasteiger partial charge in [-0.05, 0) is 19.1 Å². The predicted molar refractivity (Wildman–Crippen MR) is 49.6 cm³/mol. The Balaban J connectivity index is 2.69. The molecule has 0 spiro atoms. The number of hydrogen-bond acceptors (Lipinski definition) is 3. The van der Waals surface area contributed by atoms with E-state index in [-0.39, 0.29) is 11.9 Å². The van der Waals surface area contributed by atoms with Crippen molar-refractivity contribution < 1.29 is 10.5 Å². The topological polar surface area (TPSA) is 95.7 Å². The summed E-state index contributed by atoms with van der Waals surface area (Å²) in [7, 11) is 0. The predicted octanol–water partition coefficient (Wildman–Crippen LogP) is -0.767. The average Bonchev–Trinajstić information content (AvgIpc) is 2.04. The van der Waals surface area contributed by atoms with Gasteiger partial charge in [0.25, 0.3) is 5.91 Å². The van der Waals surface area contributed by atoms with Crippen LogP contribution in [0.1, 0.15) is 6.92 Å². The van der Waals surface area contributed by atoms with Gasteiger partial charge in [0.05, 0.1) is 0 Å². The summed E-state index contributed by atoms with van der Waals surface area (Å²) in [6.07, 6.45) is 0. The minimum absolute atomic E-state index is 0.168. The minimum Gasteiger partial charge on any atom is -0.384 e. The number of pyridine rings is 1. The highest BCUT2D eigenvalue weighted by molar-refractivity contribution is 5.92. The lowest BCUT2D eigenvalue weighted by atomic mass is 10.3. The van der Waals surface area contributed by atoms with Crippen LogP contribution in [0.2, 0.25) is 0 Å². The molecule has 1 aromatic rings. The van der Waals surface area contributed by atoms with Crippen LogP contribution >= 0.6 is 0 Å². The Kier molecular flexibility index (Phi) is 2.81. The molecule has 1 amide bonds. The molecule has 70 valence electrons. The number of aromatic nitrogens is 1. The number of nitrogens with one attached hydrogen (secondary N) is 1. The third-order valence-electron chi connectivity index (χ3n) is 1.47. The molecular weight excluding hydrogens is 168 g/mol. The fourth-order valence-corrected chi connectivity index (χ4v) is 0.771. The van der Waals surface area contributed by atoms with Crippen LogP contribution < -0.4 is 16.8 Å². The maximum absolute atomic E-state index is 11.2. The molecule has 5 nitrogen and oxygen atoms in total. The maximum atomic E-state index is 11.2. The second kappa shape index (κ2) is 3.86. The zero-order valence-electron chi connectivity index (χ0n) is 7.45. The summed E-state index contributed by atoms with van der Waals surface area (Å²) in [4.78, 5) is 15.1. The summed E-state index contributed by atoms with van der Waals surface area (Å²) in [5.41, 5.74) is 9.02. The third-order valence-corrected chi connectivity index (χ3v) is 1.47. The van der Waals surface area contributed by atoms with Crippen LogP contribution in [-0.2, 0) is 4.79 Å². The Labute approximate surface area is 76.1 Å². The van der Waals surface area contributed by atoms with Gasteiger partial charge in [-0.25, -0.2) is 4.98 Å². The summed E-state index contributed by atoms with van der Waals surface area (Å²) in [6.45, 7) is 1.71. The highest BCUT2D eigenvalue weighted by Gasteiger charge is 2.10. The van der Waals surface area contributed by atoms with Crippen molar-refractivity contribution >= 4 is 17.5 Å². The Morgan fingerprint density at radius 3 is 2.92 bits per heavy atom. The van der Waals surface area contributed by atoms with Gasteiger partial charge in [0, 0.05) is 0 Å². The van der Waals surface area contributed by atoms with E-state index in [0.717, 1.165) is 0 Å². The van der Waals surface area contributed by atoms with Crippen LogP contribution in [0.15, 0.2) is 18.2 Å². The van der Waals surface area contributed by atoms with Crippen LogP contribution in [0.4, 0.5) is 11.6 Å². The fourth-order valence-electron chi connectivity index (χ4n) is 0.771. The lowest BCUT2D eigenvalue weighted by Crippen LogP contribution is -2.64. The van der Waals surface area contributed by atoms with Gasteiger partial charge in [-0.2, -0.15) is 0 Å². The van der Waals surface area contributed by atoms with Crippen LogP contribution in [0.25, 0.3) is 0 Å². The van der Waals surface area contributed by atoms with Crippen molar-refractivity contribution in [2.45, 2.75) is 13.0 Å². The van der Waals surface area contributed by atoms with E-state index in [2.05, 4.69) is 16.0 Å². The van der Waals surface area contributed by atoms with E-state index in [1.165, 1.54) is 0 Å². The third kappa shape index (κ3) is 2.72. The molecule has 0 radical (unpaired) electrons. The standard InChI is InChI=1S/C8H12N4O/c1-5(9)8(13)12-7-4-2-3-6(10)11-7/h2-5H,9H2,1H3,(H3,10,11,12,13)/p+1/t5-/m0/s1. The number of rotatable bonds is 2. The van der Waals surface area contributed by atoms with E-state index < -0.39 is 0 Å². The number of carbonyl (C=O) groups is 1. The molecule has 13 heavy (non-hydrogen) atoms. The van der Waals surface area contributed by atoms with Crippen molar-refractivity contribution in [1.29, 1.82) is 0 Å². The van der Waals surface area contributed by atoms with Gasteiger partial charge in [0.2, 0.25) is 0 Å². The van der Waals surface area contributed by atoms with Crippen molar-refractivity contribution in [1.82, 2.24) is 4.98 Å². The number of carbonyl (C=O) groups excluding carboxylic acids is 1. The first-order chi connectivity index (χ1) is 6.09. The van der Waals surface area contributed by atoms with Crippen molar-refractivity contribution in [3.63, 3.8) is 0 Å². The van der Waals surface area contributed by atoms with E-state index in [1.807, 2.05) is 0 Å². The molecule has 1 aromatic heterocycles. The molecule has 0 aromatic carbocycles. The van der Waals surface area contributed by atoms with Crippen molar-refractivity contribution in [2.75, 3.05) is 11.1 Å². The van der Waals surface area contributed by atoms with Gasteiger partial charge in [-0.1, -0.05) is 6.07 Å². The van der Waals surface area contributed by atoms with Gasteiger partial charge in [0.1, 0.15) is 11.6 Å². The van der Waals surface area contributed by atoms with E-state index in [9.17, 15) is 4.79 Å². The first kappa shape index (κ1) is 9.47. The Morgan fingerprint density at radius 2 is 2.38 bits per heavy atom. The smallest absolute Gasteiger partial charge is 0.283 e. The summed E-state index contributed by atoms with van der Waals surface area (Å²) in [5.74, 6) is 0.674. The van der Waals surface area contributed by atoms with Crippen LogP contribution in [0, 0.1) is 0 Å². The summed E-state index contributed by atoms with van der Waals surface area (Å²) in [6, 6.07) is 4.76. The summed E-state index contributed by atoms with van der Waals surface area (Å²) >= 11 is 0. The molecule has 5 heteroatoms.